The molecule has 18 heavy (non-hydrogen) atoms. The Morgan fingerprint density at radius 1 is 1.39 bits per heavy atom. The molecule has 3 rings (SSSR count). The maximum Gasteiger partial charge on any atom is 0.138 e. The highest BCUT2D eigenvalue weighted by atomic mass is 32.1. The average Bonchev–Trinajstić information content (AvgIpc) is 2.61. The second kappa shape index (κ2) is 4.17. The quantitative estimate of drug-likeness (QED) is 0.893. The number of anilines is 1. The predicted molar refractivity (Wildman–Crippen MR) is 74.2 cm³/mol. The summed E-state index contributed by atoms with van der Waals surface area (Å²) in [4.78, 5) is 11.0. The van der Waals surface area contributed by atoms with E-state index >= 15 is 0 Å². The summed E-state index contributed by atoms with van der Waals surface area (Å²) in [5.74, 6) is 0.871. The van der Waals surface area contributed by atoms with Crippen molar-refractivity contribution in [1.29, 1.82) is 0 Å². The maximum atomic E-state index is 9.54. The maximum absolute atomic E-state index is 9.54. The van der Waals surface area contributed by atoms with Crippen LogP contribution in [0.3, 0.4) is 0 Å². The third kappa shape index (κ3) is 1.69. The number of fused-ring (bicyclic) bond motifs is 1. The van der Waals surface area contributed by atoms with Crippen LogP contribution in [-0.2, 0) is 0 Å². The Balaban J connectivity index is 2.06. The van der Waals surface area contributed by atoms with Crippen molar-refractivity contribution in [3.8, 4) is 0 Å². The Hall–Kier alpha value is -1.20. The van der Waals surface area contributed by atoms with E-state index in [9.17, 15) is 5.11 Å². The molecule has 0 aliphatic heterocycles. The highest BCUT2D eigenvalue weighted by Gasteiger charge is 2.37. The van der Waals surface area contributed by atoms with Gasteiger partial charge in [0.05, 0.1) is 17.5 Å². The minimum Gasteiger partial charge on any atom is -0.394 e. The predicted octanol–water partition coefficient (Wildman–Crippen LogP) is 2.64. The van der Waals surface area contributed by atoms with Gasteiger partial charge in [0.2, 0.25) is 0 Å². The molecule has 2 aromatic heterocycles. The van der Waals surface area contributed by atoms with Crippen molar-refractivity contribution >= 4 is 27.4 Å². The molecule has 1 saturated carbocycles. The van der Waals surface area contributed by atoms with E-state index in [-0.39, 0.29) is 12.1 Å². The van der Waals surface area contributed by atoms with Gasteiger partial charge in [-0.2, -0.15) is 0 Å². The molecule has 0 spiro atoms. The van der Waals surface area contributed by atoms with E-state index in [1.165, 1.54) is 16.9 Å². The standard InChI is InChI=1S/C13H17N3OS/c1-8-9(2)18-12-10(8)11(14-7-15-12)16-13(6-17)4-3-5-13/h7,17H,3-6H2,1-2H3,(H,14,15,16). The Morgan fingerprint density at radius 3 is 2.78 bits per heavy atom. The molecule has 1 aliphatic rings. The SMILES string of the molecule is Cc1sc2ncnc(NC3(CO)CCC3)c2c1C. The van der Waals surface area contributed by atoms with E-state index in [1.807, 2.05) is 0 Å². The molecule has 2 aromatic rings. The molecule has 0 aromatic carbocycles. The molecule has 0 saturated heterocycles. The number of aliphatic hydroxyl groups excluding tert-OH is 1. The molecular formula is C13H17N3OS. The van der Waals surface area contributed by atoms with Crippen LogP contribution in [0, 0.1) is 13.8 Å². The zero-order valence-electron chi connectivity index (χ0n) is 10.7. The normalized spacial score (nSPS) is 17.7. The fourth-order valence-electron chi connectivity index (χ4n) is 2.45. The summed E-state index contributed by atoms with van der Waals surface area (Å²) in [7, 11) is 0. The van der Waals surface area contributed by atoms with Gasteiger partial charge in [0.25, 0.3) is 0 Å². The van der Waals surface area contributed by atoms with Gasteiger partial charge in [0, 0.05) is 4.88 Å². The second-order valence-electron chi connectivity index (χ2n) is 5.10. The van der Waals surface area contributed by atoms with Crippen LogP contribution < -0.4 is 5.32 Å². The molecule has 1 aliphatic carbocycles. The van der Waals surface area contributed by atoms with E-state index < -0.39 is 0 Å². The van der Waals surface area contributed by atoms with E-state index in [0.29, 0.717) is 0 Å². The first-order valence-electron chi connectivity index (χ1n) is 6.25. The van der Waals surface area contributed by atoms with E-state index in [2.05, 4.69) is 29.1 Å². The minimum atomic E-state index is -0.163. The smallest absolute Gasteiger partial charge is 0.138 e. The van der Waals surface area contributed by atoms with E-state index in [0.717, 1.165) is 28.9 Å². The molecule has 2 heterocycles. The summed E-state index contributed by atoms with van der Waals surface area (Å²) < 4.78 is 0. The summed E-state index contributed by atoms with van der Waals surface area (Å²) in [6, 6.07) is 0. The number of nitrogens with zero attached hydrogens (tertiary/aromatic N) is 2. The summed E-state index contributed by atoms with van der Waals surface area (Å²) in [5.41, 5.74) is 1.08. The van der Waals surface area contributed by atoms with Crippen LogP contribution in [0.2, 0.25) is 0 Å². The zero-order valence-corrected chi connectivity index (χ0v) is 11.5. The molecular weight excluding hydrogens is 246 g/mol. The van der Waals surface area contributed by atoms with E-state index in [1.54, 1.807) is 17.7 Å². The van der Waals surface area contributed by atoms with Crippen LogP contribution in [-0.4, -0.2) is 27.2 Å². The van der Waals surface area contributed by atoms with Gasteiger partial charge in [0.1, 0.15) is 17.0 Å². The molecule has 0 amide bonds. The van der Waals surface area contributed by atoms with Gasteiger partial charge in [-0.25, -0.2) is 9.97 Å². The number of hydrogen-bond acceptors (Lipinski definition) is 5. The molecule has 0 bridgehead atoms. The number of rotatable bonds is 3. The van der Waals surface area contributed by atoms with Gasteiger partial charge in [-0.15, -0.1) is 11.3 Å². The number of nitrogens with one attached hydrogen (secondary N) is 1. The average molecular weight is 263 g/mol. The number of thiophene rings is 1. The Labute approximate surface area is 110 Å². The van der Waals surface area contributed by atoms with Crippen LogP contribution in [0.25, 0.3) is 10.2 Å². The van der Waals surface area contributed by atoms with Gasteiger partial charge in [-0.1, -0.05) is 0 Å². The number of aromatic nitrogens is 2. The van der Waals surface area contributed by atoms with Crippen molar-refractivity contribution in [3.05, 3.63) is 16.8 Å². The lowest BCUT2D eigenvalue weighted by atomic mass is 9.77. The second-order valence-corrected chi connectivity index (χ2v) is 6.31. The summed E-state index contributed by atoms with van der Waals surface area (Å²) in [6.07, 6.45) is 4.79. The molecule has 2 N–H and O–H groups in total. The van der Waals surface area contributed by atoms with Gasteiger partial charge in [0.15, 0.2) is 0 Å². The summed E-state index contributed by atoms with van der Waals surface area (Å²) in [5, 5.41) is 14.1. The molecule has 1 fully saturated rings. The molecule has 4 nitrogen and oxygen atoms in total. The monoisotopic (exact) mass is 263 g/mol. The lowest BCUT2D eigenvalue weighted by Crippen LogP contribution is -2.48. The number of aryl methyl sites for hydroxylation is 2. The van der Waals surface area contributed by atoms with Crippen molar-refractivity contribution in [3.63, 3.8) is 0 Å². The first kappa shape index (κ1) is 11.9. The highest BCUT2D eigenvalue weighted by molar-refractivity contribution is 7.18. The van der Waals surface area contributed by atoms with Crippen molar-refractivity contribution in [1.82, 2.24) is 9.97 Å². The third-order valence-corrected chi connectivity index (χ3v) is 5.08. The largest absolute Gasteiger partial charge is 0.394 e. The van der Waals surface area contributed by atoms with Crippen LogP contribution in [0.5, 0.6) is 0 Å². The van der Waals surface area contributed by atoms with Crippen molar-refractivity contribution < 1.29 is 5.11 Å². The van der Waals surface area contributed by atoms with Gasteiger partial charge in [-0.05, 0) is 38.7 Å². The Kier molecular flexibility index (Phi) is 2.75. The first-order valence-corrected chi connectivity index (χ1v) is 7.07. The van der Waals surface area contributed by atoms with Crippen molar-refractivity contribution in [2.75, 3.05) is 11.9 Å². The van der Waals surface area contributed by atoms with Crippen LogP contribution >= 0.6 is 11.3 Å². The molecule has 0 atom stereocenters. The lowest BCUT2D eigenvalue weighted by Gasteiger charge is -2.41. The Morgan fingerprint density at radius 2 is 2.17 bits per heavy atom. The van der Waals surface area contributed by atoms with Gasteiger partial charge >= 0.3 is 0 Å². The lowest BCUT2D eigenvalue weighted by molar-refractivity contribution is 0.144. The summed E-state index contributed by atoms with van der Waals surface area (Å²) in [6.45, 7) is 4.38. The Bertz CT molecular complexity index is 584. The summed E-state index contributed by atoms with van der Waals surface area (Å²) >= 11 is 1.70. The molecule has 5 heteroatoms. The van der Waals surface area contributed by atoms with Crippen molar-refractivity contribution in [2.24, 2.45) is 0 Å². The number of hydrogen-bond donors (Lipinski definition) is 2. The molecule has 96 valence electrons. The fraction of sp³-hybridized carbons (Fsp3) is 0.538. The first-order chi connectivity index (χ1) is 8.65. The van der Waals surface area contributed by atoms with Crippen LogP contribution in [0.15, 0.2) is 6.33 Å². The zero-order chi connectivity index (χ0) is 12.8. The number of aliphatic hydroxyl groups is 1. The van der Waals surface area contributed by atoms with Gasteiger partial charge in [-0.3, -0.25) is 0 Å². The van der Waals surface area contributed by atoms with E-state index in [4.69, 9.17) is 0 Å². The van der Waals surface area contributed by atoms with Crippen molar-refractivity contribution in [2.45, 2.75) is 38.6 Å². The minimum absolute atomic E-state index is 0.163. The molecule has 0 radical (unpaired) electrons. The highest BCUT2D eigenvalue weighted by Crippen LogP contribution is 2.38. The topological polar surface area (TPSA) is 58.0 Å². The molecule has 0 unspecified atom stereocenters. The van der Waals surface area contributed by atoms with Crippen LogP contribution in [0.4, 0.5) is 5.82 Å². The fourth-order valence-corrected chi connectivity index (χ4v) is 3.45. The van der Waals surface area contributed by atoms with Crippen LogP contribution in [0.1, 0.15) is 29.7 Å². The van der Waals surface area contributed by atoms with Gasteiger partial charge < -0.3 is 10.4 Å². The third-order valence-electron chi connectivity index (χ3n) is 3.96.